The van der Waals surface area contributed by atoms with E-state index in [1.807, 2.05) is 0 Å². The second-order valence-electron chi connectivity index (χ2n) is 5.08. The molecule has 5 nitrogen and oxygen atoms in total. The predicted molar refractivity (Wildman–Crippen MR) is 59.9 cm³/mol. The molecule has 1 unspecified atom stereocenters. The van der Waals surface area contributed by atoms with Crippen LogP contribution in [0, 0.1) is 5.92 Å². The number of rotatable bonds is 3. The number of hydrogen-bond acceptors (Lipinski definition) is 3. The average molecular weight is 225 g/mol. The van der Waals surface area contributed by atoms with Gasteiger partial charge in [0.15, 0.2) is 0 Å². The maximum Gasteiger partial charge on any atom is 0.325 e. The van der Waals surface area contributed by atoms with Crippen molar-refractivity contribution in [1.82, 2.24) is 15.5 Å². The van der Waals surface area contributed by atoms with Gasteiger partial charge in [-0.2, -0.15) is 0 Å². The maximum atomic E-state index is 12.2. The van der Waals surface area contributed by atoms with Gasteiger partial charge in [0.05, 0.1) is 0 Å². The van der Waals surface area contributed by atoms with Crippen LogP contribution in [-0.2, 0) is 4.79 Å². The number of carbonyl (C=O) groups is 2. The van der Waals surface area contributed by atoms with E-state index in [2.05, 4.69) is 24.5 Å². The van der Waals surface area contributed by atoms with E-state index in [9.17, 15) is 9.59 Å². The van der Waals surface area contributed by atoms with Gasteiger partial charge in [0.1, 0.15) is 5.54 Å². The molecule has 3 amide bonds. The molecule has 1 atom stereocenters. The smallest absolute Gasteiger partial charge is 0.322 e. The summed E-state index contributed by atoms with van der Waals surface area (Å²) in [5.74, 6) is 0.446. The molecular weight excluding hydrogens is 206 g/mol. The van der Waals surface area contributed by atoms with E-state index in [0.29, 0.717) is 25.4 Å². The van der Waals surface area contributed by atoms with Crippen LogP contribution < -0.4 is 10.6 Å². The zero-order chi connectivity index (χ0) is 11.8. The zero-order valence-electron chi connectivity index (χ0n) is 9.88. The van der Waals surface area contributed by atoms with E-state index in [1.54, 1.807) is 0 Å². The second-order valence-corrected chi connectivity index (χ2v) is 5.08. The molecule has 0 aromatic heterocycles. The van der Waals surface area contributed by atoms with E-state index < -0.39 is 5.54 Å². The standard InChI is InChI=1S/C11H19N3O2/c1-8(2)3-6-14-9(15)11(13-10(14)16)4-5-12-7-11/h8,12H,3-7H2,1-2H3,(H,13,16). The van der Waals surface area contributed by atoms with E-state index in [0.717, 1.165) is 13.0 Å². The molecule has 2 aliphatic heterocycles. The fourth-order valence-corrected chi connectivity index (χ4v) is 2.25. The summed E-state index contributed by atoms with van der Waals surface area (Å²) < 4.78 is 0. The van der Waals surface area contributed by atoms with Crippen molar-refractivity contribution in [2.75, 3.05) is 19.6 Å². The van der Waals surface area contributed by atoms with Crippen LogP contribution in [0.5, 0.6) is 0 Å². The van der Waals surface area contributed by atoms with Crippen molar-refractivity contribution in [3.63, 3.8) is 0 Å². The Morgan fingerprint density at radius 2 is 2.19 bits per heavy atom. The van der Waals surface area contributed by atoms with Crippen molar-refractivity contribution >= 4 is 11.9 Å². The number of amides is 3. The van der Waals surface area contributed by atoms with Crippen molar-refractivity contribution < 1.29 is 9.59 Å². The Kier molecular flexibility index (Phi) is 2.88. The first-order valence-electron chi connectivity index (χ1n) is 5.90. The molecule has 2 rings (SSSR count). The molecule has 0 saturated carbocycles. The Hall–Kier alpha value is -1.10. The molecule has 2 fully saturated rings. The summed E-state index contributed by atoms with van der Waals surface area (Å²) in [7, 11) is 0. The largest absolute Gasteiger partial charge is 0.325 e. The van der Waals surface area contributed by atoms with Gasteiger partial charge in [-0.3, -0.25) is 9.69 Å². The van der Waals surface area contributed by atoms with Crippen LogP contribution in [-0.4, -0.2) is 42.0 Å². The molecular formula is C11H19N3O2. The molecule has 2 saturated heterocycles. The van der Waals surface area contributed by atoms with E-state index >= 15 is 0 Å². The highest BCUT2D eigenvalue weighted by Gasteiger charge is 2.52. The fraction of sp³-hybridized carbons (Fsp3) is 0.818. The van der Waals surface area contributed by atoms with Crippen molar-refractivity contribution in [2.24, 2.45) is 5.92 Å². The summed E-state index contributed by atoms with van der Waals surface area (Å²) >= 11 is 0. The monoisotopic (exact) mass is 225 g/mol. The molecule has 0 radical (unpaired) electrons. The van der Waals surface area contributed by atoms with Crippen molar-refractivity contribution in [2.45, 2.75) is 32.2 Å². The third-order valence-corrected chi connectivity index (χ3v) is 3.33. The minimum absolute atomic E-state index is 0.0526. The maximum absolute atomic E-state index is 12.2. The molecule has 0 aromatic carbocycles. The minimum Gasteiger partial charge on any atom is -0.322 e. The summed E-state index contributed by atoms with van der Waals surface area (Å²) in [4.78, 5) is 25.2. The summed E-state index contributed by atoms with van der Waals surface area (Å²) in [6.45, 7) is 6.07. The highest BCUT2D eigenvalue weighted by atomic mass is 16.2. The van der Waals surface area contributed by atoms with Gasteiger partial charge in [0, 0.05) is 13.1 Å². The molecule has 0 bridgehead atoms. The first-order chi connectivity index (χ1) is 7.55. The highest BCUT2D eigenvalue weighted by Crippen LogP contribution is 2.24. The predicted octanol–water partition coefficient (Wildman–Crippen LogP) is 0.316. The van der Waals surface area contributed by atoms with Crippen LogP contribution in [0.15, 0.2) is 0 Å². The number of nitrogens with zero attached hydrogens (tertiary/aromatic N) is 1. The molecule has 2 aliphatic rings. The Morgan fingerprint density at radius 3 is 2.75 bits per heavy atom. The Bertz CT molecular complexity index is 308. The number of carbonyl (C=O) groups excluding carboxylic acids is 2. The van der Waals surface area contributed by atoms with Crippen LogP contribution >= 0.6 is 0 Å². The van der Waals surface area contributed by atoms with Gasteiger partial charge in [-0.1, -0.05) is 13.8 Å². The van der Waals surface area contributed by atoms with Crippen molar-refractivity contribution in [3.8, 4) is 0 Å². The van der Waals surface area contributed by atoms with Gasteiger partial charge < -0.3 is 10.6 Å². The Morgan fingerprint density at radius 1 is 1.44 bits per heavy atom. The molecule has 2 heterocycles. The third kappa shape index (κ3) is 1.80. The van der Waals surface area contributed by atoms with E-state index in [1.165, 1.54) is 4.90 Å². The lowest BCUT2D eigenvalue weighted by atomic mass is 9.99. The molecule has 90 valence electrons. The molecule has 5 heteroatoms. The van der Waals surface area contributed by atoms with Gasteiger partial charge in [-0.15, -0.1) is 0 Å². The Labute approximate surface area is 95.6 Å². The topological polar surface area (TPSA) is 61.4 Å². The Balaban J connectivity index is 2.05. The molecule has 0 aromatic rings. The van der Waals surface area contributed by atoms with Gasteiger partial charge >= 0.3 is 6.03 Å². The van der Waals surface area contributed by atoms with Gasteiger partial charge in [0.2, 0.25) is 0 Å². The first-order valence-corrected chi connectivity index (χ1v) is 5.90. The lowest BCUT2D eigenvalue weighted by Gasteiger charge is -2.19. The first kappa shape index (κ1) is 11.4. The molecule has 0 aliphatic carbocycles. The second kappa shape index (κ2) is 4.05. The van der Waals surface area contributed by atoms with E-state index in [-0.39, 0.29) is 11.9 Å². The van der Waals surface area contributed by atoms with Crippen LogP contribution in [0.3, 0.4) is 0 Å². The summed E-state index contributed by atoms with van der Waals surface area (Å²) in [6.07, 6.45) is 1.57. The number of urea groups is 1. The number of nitrogens with one attached hydrogen (secondary N) is 2. The van der Waals surface area contributed by atoms with Crippen LogP contribution in [0.4, 0.5) is 4.79 Å². The lowest BCUT2D eigenvalue weighted by Crippen LogP contribution is -2.48. The molecule has 2 N–H and O–H groups in total. The minimum atomic E-state index is -0.645. The normalized spacial score (nSPS) is 29.6. The van der Waals surface area contributed by atoms with Gasteiger partial charge in [-0.05, 0) is 25.3 Å². The van der Waals surface area contributed by atoms with Gasteiger partial charge in [-0.25, -0.2) is 4.79 Å². The van der Waals surface area contributed by atoms with Crippen LogP contribution in [0.25, 0.3) is 0 Å². The average Bonchev–Trinajstić information content (AvgIpc) is 2.74. The third-order valence-electron chi connectivity index (χ3n) is 3.33. The fourth-order valence-electron chi connectivity index (χ4n) is 2.25. The number of imide groups is 1. The highest BCUT2D eigenvalue weighted by molar-refractivity contribution is 6.07. The molecule has 1 spiro atoms. The van der Waals surface area contributed by atoms with Crippen molar-refractivity contribution in [3.05, 3.63) is 0 Å². The van der Waals surface area contributed by atoms with Crippen LogP contribution in [0.2, 0.25) is 0 Å². The summed E-state index contributed by atoms with van der Waals surface area (Å²) in [5.41, 5.74) is -0.645. The van der Waals surface area contributed by atoms with Crippen molar-refractivity contribution in [1.29, 1.82) is 0 Å². The molecule has 16 heavy (non-hydrogen) atoms. The summed E-state index contributed by atoms with van der Waals surface area (Å²) in [5, 5.41) is 5.96. The summed E-state index contributed by atoms with van der Waals surface area (Å²) in [6, 6.07) is -0.227. The lowest BCUT2D eigenvalue weighted by molar-refractivity contribution is -0.130. The van der Waals surface area contributed by atoms with Crippen LogP contribution in [0.1, 0.15) is 26.7 Å². The van der Waals surface area contributed by atoms with Gasteiger partial charge in [0.25, 0.3) is 5.91 Å². The quantitative estimate of drug-likeness (QED) is 0.680. The number of hydrogen-bond donors (Lipinski definition) is 2. The zero-order valence-corrected chi connectivity index (χ0v) is 9.88. The van der Waals surface area contributed by atoms with E-state index in [4.69, 9.17) is 0 Å². The SMILES string of the molecule is CC(C)CCN1C(=O)NC2(CCNC2)C1=O.